The van der Waals surface area contributed by atoms with Gasteiger partial charge in [0, 0.05) is 31.5 Å². The number of hydrogen-bond acceptors (Lipinski definition) is 5. The summed E-state index contributed by atoms with van der Waals surface area (Å²) in [5.74, 6) is 0. The van der Waals surface area contributed by atoms with E-state index in [9.17, 15) is 0 Å². The number of hydrogen-bond donors (Lipinski definition) is 1. The summed E-state index contributed by atoms with van der Waals surface area (Å²) in [5, 5.41) is 8.82. The van der Waals surface area contributed by atoms with Crippen LogP contribution in [-0.4, -0.2) is 16.5 Å². The molecule has 0 unspecified atom stereocenters. The van der Waals surface area contributed by atoms with Crippen molar-refractivity contribution in [1.29, 1.82) is 5.26 Å². The van der Waals surface area contributed by atoms with Gasteiger partial charge in [0.1, 0.15) is 0 Å². The summed E-state index contributed by atoms with van der Waals surface area (Å²) in [7, 11) is 0. The van der Waals surface area contributed by atoms with E-state index in [0.717, 1.165) is 16.9 Å². The smallest absolute Gasteiger partial charge is 0.0640 e. The van der Waals surface area contributed by atoms with Crippen molar-refractivity contribution >= 4 is 5.69 Å². The van der Waals surface area contributed by atoms with E-state index in [1.807, 2.05) is 43.6 Å². The Hall–Kier alpha value is -2.45. The molecule has 5 heteroatoms. The van der Waals surface area contributed by atoms with Gasteiger partial charge in [0.2, 0.25) is 0 Å². The summed E-state index contributed by atoms with van der Waals surface area (Å²) in [4.78, 5) is 10.6. The SMILES string of the molecule is C[C@@H](N)c1ccc(N(CCC#N)Cc2cccnc2)cn1. The fraction of sp³-hybridized carbons (Fsp3) is 0.312. The molecule has 0 aliphatic heterocycles. The molecule has 0 bridgehead atoms. The first-order valence-corrected chi connectivity index (χ1v) is 6.93. The molecule has 2 N–H and O–H groups in total. The highest BCUT2D eigenvalue weighted by Crippen LogP contribution is 2.18. The van der Waals surface area contributed by atoms with E-state index in [0.29, 0.717) is 19.5 Å². The number of aromatic nitrogens is 2. The van der Waals surface area contributed by atoms with Gasteiger partial charge in [-0.2, -0.15) is 5.26 Å². The fourth-order valence-corrected chi connectivity index (χ4v) is 2.05. The van der Waals surface area contributed by atoms with Crippen molar-refractivity contribution < 1.29 is 0 Å². The van der Waals surface area contributed by atoms with E-state index < -0.39 is 0 Å². The minimum absolute atomic E-state index is 0.0788. The van der Waals surface area contributed by atoms with E-state index in [-0.39, 0.29) is 6.04 Å². The van der Waals surface area contributed by atoms with E-state index in [1.54, 1.807) is 6.20 Å². The van der Waals surface area contributed by atoms with Crippen LogP contribution in [0.3, 0.4) is 0 Å². The Bertz CT molecular complexity index is 586. The fourth-order valence-electron chi connectivity index (χ4n) is 2.05. The van der Waals surface area contributed by atoms with Crippen molar-refractivity contribution in [2.75, 3.05) is 11.4 Å². The lowest BCUT2D eigenvalue weighted by atomic mass is 10.2. The van der Waals surface area contributed by atoms with Crippen LogP contribution >= 0.6 is 0 Å². The Labute approximate surface area is 125 Å². The van der Waals surface area contributed by atoms with Gasteiger partial charge in [-0.05, 0) is 30.7 Å². The molecule has 2 aromatic rings. The zero-order valence-corrected chi connectivity index (χ0v) is 12.1. The second kappa shape index (κ2) is 7.36. The maximum atomic E-state index is 8.82. The normalized spacial score (nSPS) is 11.7. The molecule has 0 spiro atoms. The molecule has 0 saturated heterocycles. The average Bonchev–Trinajstić information content (AvgIpc) is 2.52. The van der Waals surface area contributed by atoms with Crippen LogP contribution in [0.2, 0.25) is 0 Å². The number of rotatable bonds is 6. The third kappa shape index (κ3) is 4.26. The monoisotopic (exact) mass is 281 g/mol. The Morgan fingerprint density at radius 1 is 1.33 bits per heavy atom. The quantitative estimate of drug-likeness (QED) is 0.879. The summed E-state index contributed by atoms with van der Waals surface area (Å²) >= 11 is 0. The van der Waals surface area contributed by atoms with Crippen LogP contribution < -0.4 is 10.6 Å². The van der Waals surface area contributed by atoms with Crippen LogP contribution in [0.4, 0.5) is 5.69 Å². The molecule has 0 fully saturated rings. The maximum Gasteiger partial charge on any atom is 0.0640 e. The number of nitrogens with two attached hydrogens (primary N) is 1. The number of nitrogens with zero attached hydrogens (tertiary/aromatic N) is 4. The minimum atomic E-state index is -0.0788. The van der Waals surface area contributed by atoms with Crippen LogP contribution in [0.25, 0.3) is 0 Å². The standard InChI is InChI=1S/C16H19N5/c1-13(18)16-6-5-15(11-20-16)21(9-3-7-17)12-14-4-2-8-19-10-14/h2,4-6,8,10-11,13H,3,9,12,18H2,1H3/t13-/m1/s1. The molecule has 0 amide bonds. The van der Waals surface area contributed by atoms with Crippen molar-refractivity contribution in [3.63, 3.8) is 0 Å². The van der Waals surface area contributed by atoms with Gasteiger partial charge in [-0.3, -0.25) is 9.97 Å². The zero-order chi connectivity index (χ0) is 15.1. The molecule has 108 valence electrons. The van der Waals surface area contributed by atoms with E-state index in [4.69, 9.17) is 11.0 Å². The third-order valence-corrected chi connectivity index (χ3v) is 3.19. The lowest BCUT2D eigenvalue weighted by molar-refractivity contribution is 0.767. The number of pyridine rings is 2. The summed E-state index contributed by atoms with van der Waals surface area (Å²) in [6, 6.07) is 9.98. The van der Waals surface area contributed by atoms with Crippen molar-refractivity contribution in [3.8, 4) is 6.07 Å². The second-order valence-electron chi connectivity index (χ2n) is 4.92. The van der Waals surface area contributed by atoms with Crippen molar-refractivity contribution in [3.05, 3.63) is 54.1 Å². The molecule has 2 aromatic heterocycles. The lowest BCUT2D eigenvalue weighted by Gasteiger charge is -2.23. The molecule has 2 rings (SSSR count). The second-order valence-corrected chi connectivity index (χ2v) is 4.92. The molecule has 0 radical (unpaired) electrons. The molecule has 0 aromatic carbocycles. The van der Waals surface area contributed by atoms with Crippen LogP contribution in [0.5, 0.6) is 0 Å². The third-order valence-electron chi connectivity index (χ3n) is 3.19. The first-order chi connectivity index (χ1) is 10.2. The van der Waals surface area contributed by atoms with Crippen LogP contribution in [0, 0.1) is 11.3 Å². The van der Waals surface area contributed by atoms with Gasteiger partial charge in [0.05, 0.1) is 30.1 Å². The molecule has 0 aliphatic carbocycles. The topological polar surface area (TPSA) is 78.8 Å². The van der Waals surface area contributed by atoms with Gasteiger partial charge >= 0.3 is 0 Å². The van der Waals surface area contributed by atoms with Crippen molar-refractivity contribution in [1.82, 2.24) is 9.97 Å². The lowest BCUT2D eigenvalue weighted by Crippen LogP contribution is -2.24. The maximum absolute atomic E-state index is 8.82. The van der Waals surface area contributed by atoms with Gasteiger partial charge in [0.25, 0.3) is 0 Å². The predicted octanol–water partition coefficient (Wildman–Crippen LogP) is 2.42. The van der Waals surface area contributed by atoms with Gasteiger partial charge in [-0.1, -0.05) is 6.07 Å². The van der Waals surface area contributed by atoms with Crippen LogP contribution in [0.15, 0.2) is 42.9 Å². The van der Waals surface area contributed by atoms with Gasteiger partial charge < -0.3 is 10.6 Å². The van der Waals surface area contributed by atoms with E-state index in [2.05, 4.69) is 20.9 Å². The first kappa shape index (κ1) is 14.9. The molecule has 2 heterocycles. The first-order valence-electron chi connectivity index (χ1n) is 6.93. The summed E-state index contributed by atoms with van der Waals surface area (Å²) in [5.41, 5.74) is 8.77. The van der Waals surface area contributed by atoms with Crippen LogP contribution in [-0.2, 0) is 6.54 Å². The minimum Gasteiger partial charge on any atom is -0.365 e. The predicted molar refractivity (Wildman–Crippen MR) is 82.4 cm³/mol. The van der Waals surface area contributed by atoms with Gasteiger partial charge in [0.15, 0.2) is 0 Å². The molecular weight excluding hydrogens is 262 g/mol. The largest absolute Gasteiger partial charge is 0.365 e. The Balaban J connectivity index is 2.17. The van der Waals surface area contributed by atoms with E-state index >= 15 is 0 Å². The molecule has 0 saturated carbocycles. The average molecular weight is 281 g/mol. The molecule has 21 heavy (non-hydrogen) atoms. The number of nitriles is 1. The highest BCUT2D eigenvalue weighted by atomic mass is 15.1. The molecule has 5 nitrogen and oxygen atoms in total. The highest BCUT2D eigenvalue weighted by molar-refractivity contribution is 5.45. The van der Waals surface area contributed by atoms with Crippen molar-refractivity contribution in [2.45, 2.75) is 25.9 Å². The summed E-state index contributed by atoms with van der Waals surface area (Å²) in [6.45, 7) is 3.27. The number of anilines is 1. The zero-order valence-electron chi connectivity index (χ0n) is 12.1. The Morgan fingerprint density at radius 3 is 2.76 bits per heavy atom. The molecule has 0 aliphatic rings. The Kier molecular flexibility index (Phi) is 5.24. The van der Waals surface area contributed by atoms with Gasteiger partial charge in [-0.25, -0.2) is 0 Å². The van der Waals surface area contributed by atoms with Crippen LogP contribution in [0.1, 0.15) is 30.6 Å². The summed E-state index contributed by atoms with van der Waals surface area (Å²) in [6.07, 6.45) is 5.87. The Morgan fingerprint density at radius 2 is 2.19 bits per heavy atom. The molecular formula is C16H19N5. The highest BCUT2D eigenvalue weighted by Gasteiger charge is 2.09. The summed E-state index contributed by atoms with van der Waals surface area (Å²) < 4.78 is 0. The van der Waals surface area contributed by atoms with E-state index in [1.165, 1.54) is 0 Å². The van der Waals surface area contributed by atoms with Crippen molar-refractivity contribution in [2.24, 2.45) is 5.73 Å². The van der Waals surface area contributed by atoms with Gasteiger partial charge in [-0.15, -0.1) is 0 Å². The molecule has 1 atom stereocenters.